The number of amides is 1. The lowest BCUT2D eigenvalue weighted by Crippen LogP contribution is -2.38. The third-order valence-electron chi connectivity index (χ3n) is 1.51. The minimum atomic E-state index is -0.205. The number of nitrogens with one attached hydrogen (secondary N) is 1. The average Bonchev–Trinajstić information content (AvgIpc) is 2.45. The van der Waals surface area contributed by atoms with Gasteiger partial charge in [0.1, 0.15) is 18.1 Å². The number of nitrogens with zero attached hydrogens (tertiary/aromatic N) is 2. The molecule has 0 fully saturated rings. The van der Waals surface area contributed by atoms with Crippen LogP contribution in [0, 0.1) is 0 Å². The molecule has 0 saturated heterocycles. The fourth-order valence-electron chi connectivity index (χ4n) is 0.975. The van der Waals surface area contributed by atoms with Gasteiger partial charge in [0.05, 0.1) is 0 Å². The quantitative estimate of drug-likeness (QED) is 0.615. The topological polar surface area (TPSA) is 53.8 Å². The number of fused-ring (bicyclic) bond motifs is 1. The lowest BCUT2D eigenvalue weighted by molar-refractivity contribution is -0.114. The molecule has 1 unspecified atom stereocenters. The van der Waals surface area contributed by atoms with Crippen LogP contribution in [-0.2, 0) is 4.79 Å². The summed E-state index contributed by atoms with van der Waals surface area (Å²) >= 11 is 3.27. The van der Waals surface area contributed by atoms with Crippen molar-refractivity contribution in [3.8, 4) is 0 Å². The third kappa shape index (κ3) is 0.920. The zero-order chi connectivity index (χ0) is 7.84. The number of hydrogen-bond acceptors (Lipinski definition) is 3. The molecule has 0 aliphatic carbocycles. The van der Waals surface area contributed by atoms with E-state index in [1.165, 1.54) is 6.34 Å². The standard InChI is InChI=1S/C6H4BrN3O/c7-3-1-8-6(11)5-4(3)9-2-10-5/h1-2,4H,(H,8,11). The van der Waals surface area contributed by atoms with Crippen LogP contribution in [0.4, 0.5) is 0 Å². The summed E-state index contributed by atoms with van der Waals surface area (Å²) in [6.45, 7) is 0. The van der Waals surface area contributed by atoms with Gasteiger partial charge in [-0.15, -0.1) is 0 Å². The Morgan fingerprint density at radius 1 is 1.64 bits per heavy atom. The molecule has 0 bridgehead atoms. The van der Waals surface area contributed by atoms with Crippen molar-refractivity contribution < 1.29 is 4.79 Å². The van der Waals surface area contributed by atoms with Gasteiger partial charge in [0, 0.05) is 10.7 Å². The normalized spacial score (nSPS) is 27.4. The summed E-state index contributed by atoms with van der Waals surface area (Å²) in [5.41, 5.74) is 0.458. The second-order valence-electron chi connectivity index (χ2n) is 2.18. The lowest BCUT2D eigenvalue weighted by atomic mass is 10.1. The Morgan fingerprint density at radius 2 is 2.45 bits per heavy atom. The summed E-state index contributed by atoms with van der Waals surface area (Å²) in [5, 5.41) is 2.54. The van der Waals surface area contributed by atoms with E-state index in [1.807, 2.05) is 0 Å². The first-order valence-electron chi connectivity index (χ1n) is 3.05. The molecule has 0 saturated carbocycles. The van der Waals surface area contributed by atoms with Crippen molar-refractivity contribution in [3.63, 3.8) is 0 Å². The largest absolute Gasteiger partial charge is 0.327 e. The van der Waals surface area contributed by atoms with Crippen LogP contribution < -0.4 is 5.32 Å². The summed E-state index contributed by atoms with van der Waals surface area (Å²) < 4.78 is 0.838. The van der Waals surface area contributed by atoms with E-state index in [1.54, 1.807) is 6.20 Å². The van der Waals surface area contributed by atoms with Crippen molar-refractivity contribution in [2.24, 2.45) is 9.98 Å². The molecule has 0 aromatic heterocycles. The first kappa shape index (κ1) is 6.72. The Labute approximate surface area is 71.2 Å². The maximum atomic E-state index is 11.0. The Morgan fingerprint density at radius 3 is 3.18 bits per heavy atom. The van der Waals surface area contributed by atoms with Gasteiger partial charge in [0.25, 0.3) is 5.91 Å². The van der Waals surface area contributed by atoms with Gasteiger partial charge in [0.2, 0.25) is 0 Å². The Hall–Kier alpha value is -0.970. The zero-order valence-electron chi connectivity index (χ0n) is 5.41. The molecule has 0 aromatic rings. The van der Waals surface area contributed by atoms with E-state index in [4.69, 9.17) is 0 Å². The maximum absolute atomic E-state index is 11.0. The number of halogens is 1. The van der Waals surface area contributed by atoms with Crippen molar-refractivity contribution in [1.29, 1.82) is 0 Å². The van der Waals surface area contributed by atoms with Gasteiger partial charge >= 0.3 is 0 Å². The van der Waals surface area contributed by atoms with Crippen LogP contribution in [0.1, 0.15) is 0 Å². The number of carbonyl (C=O) groups is 1. The molecule has 4 nitrogen and oxygen atoms in total. The predicted octanol–water partition coefficient (Wildman–Crippen LogP) is 0.204. The first-order valence-corrected chi connectivity index (χ1v) is 3.84. The van der Waals surface area contributed by atoms with Crippen molar-refractivity contribution >= 4 is 33.9 Å². The van der Waals surface area contributed by atoms with E-state index in [0.29, 0.717) is 5.71 Å². The van der Waals surface area contributed by atoms with Gasteiger partial charge in [0.15, 0.2) is 0 Å². The van der Waals surface area contributed by atoms with E-state index in [2.05, 4.69) is 31.2 Å². The molecule has 0 radical (unpaired) electrons. The third-order valence-corrected chi connectivity index (χ3v) is 2.17. The lowest BCUT2D eigenvalue weighted by Gasteiger charge is -2.14. The number of aliphatic imine (C=N–C) groups is 2. The molecule has 2 rings (SSSR count). The summed E-state index contributed by atoms with van der Waals surface area (Å²) in [6.07, 6.45) is 2.99. The van der Waals surface area contributed by atoms with Crippen LogP contribution >= 0.6 is 15.9 Å². The highest BCUT2D eigenvalue weighted by molar-refractivity contribution is 9.11. The fraction of sp³-hybridized carbons (Fsp3) is 0.167. The van der Waals surface area contributed by atoms with E-state index in [0.717, 1.165) is 4.48 Å². The molecule has 2 aliphatic rings. The monoisotopic (exact) mass is 213 g/mol. The van der Waals surface area contributed by atoms with Crippen molar-refractivity contribution in [2.75, 3.05) is 0 Å². The molecule has 1 N–H and O–H groups in total. The molecule has 2 aliphatic heterocycles. The van der Waals surface area contributed by atoms with Crippen molar-refractivity contribution in [3.05, 3.63) is 10.7 Å². The molecule has 1 amide bonds. The zero-order valence-corrected chi connectivity index (χ0v) is 7.00. The van der Waals surface area contributed by atoms with E-state index in [9.17, 15) is 4.79 Å². The van der Waals surface area contributed by atoms with Crippen molar-refractivity contribution in [1.82, 2.24) is 5.32 Å². The predicted molar refractivity (Wildman–Crippen MR) is 44.9 cm³/mol. The minimum absolute atomic E-state index is 0.171. The average molecular weight is 214 g/mol. The number of carbonyl (C=O) groups excluding carboxylic acids is 1. The van der Waals surface area contributed by atoms with Crippen LogP contribution in [0.25, 0.3) is 0 Å². The van der Waals surface area contributed by atoms with Gasteiger partial charge in [-0.1, -0.05) is 15.9 Å². The molecule has 56 valence electrons. The van der Waals surface area contributed by atoms with Crippen LogP contribution in [0.2, 0.25) is 0 Å². The number of hydrogen-bond donors (Lipinski definition) is 1. The summed E-state index contributed by atoms with van der Waals surface area (Å²) in [4.78, 5) is 18.8. The molecule has 5 heteroatoms. The molecular weight excluding hydrogens is 210 g/mol. The highest BCUT2D eigenvalue weighted by atomic mass is 79.9. The maximum Gasteiger partial charge on any atom is 0.272 e. The van der Waals surface area contributed by atoms with Crippen LogP contribution in [0.15, 0.2) is 20.7 Å². The van der Waals surface area contributed by atoms with Gasteiger partial charge in [-0.2, -0.15) is 0 Å². The summed E-state index contributed by atoms with van der Waals surface area (Å²) in [7, 11) is 0. The Balaban J connectivity index is 2.44. The second kappa shape index (κ2) is 2.27. The van der Waals surface area contributed by atoms with Gasteiger partial charge in [-0.05, 0) is 0 Å². The summed E-state index contributed by atoms with van der Waals surface area (Å²) in [5.74, 6) is -0.171. The van der Waals surface area contributed by atoms with Gasteiger partial charge < -0.3 is 5.32 Å². The molecule has 1 atom stereocenters. The minimum Gasteiger partial charge on any atom is -0.327 e. The van der Waals surface area contributed by atoms with Crippen LogP contribution in [0.5, 0.6) is 0 Å². The van der Waals surface area contributed by atoms with Crippen LogP contribution in [0.3, 0.4) is 0 Å². The molecule has 0 spiro atoms. The van der Waals surface area contributed by atoms with Gasteiger partial charge in [-0.25, -0.2) is 4.99 Å². The Bertz CT molecular complexity index is 305. The highest BCUT2D eigenvalue weighted by Crippen LogP contribution is 2.20. The Kier molecular flexibility index (Phi) is 1.38. The molecule has 11 heavy (non-hydrogen) atoms. The van der Waals surface area contributed by atoms with E-state index < -0.39 is 0 Å². The van der Waals surface area contributed by atoms with E-state index in [-0.39, 0.29) is 11.9 Å². The van der Waals surface area contributed by atoms with Crippen LogP contribution in [-0.4, -0.2) is 24.0 Å². The highest BCUT2D eigenvalue weighted by Gasteiger charge is 2.30. The molecule has 2 heterocycles. The summed E-state index contributed by atoms with van der Waals surface area (Å²) in [6, 6.07) is -0.205. The SMILES string of the molecule is O=C1NC=C(Br)C2N=CN=C12. The molecule has 0 aromatic carbocycles. The van der Waals surface area contributed by atoms with Crippen molar-refractivity contribution in [2.45, 2.75) is 6.04 Å². The second-order valence-corrected chi connectivity index (χ2v) is 3.10. The van der Waals surface area contributed by atoms with Gasteiger partial charge in [-0.3, -0.25) is 9.79 Å². The fourth-order valence-corrected chi connectivity index (χ4v) is 1.42. The smallest absolute Gasteiger partial charge is 0.272 e. The number of rotatable bonds is 0. The molecular formula is C6H4BrN3O. The first-order chi connectivity index (χ1) is 5.29. The van der Waals surface area contributed by atoms with E-state index >= 15 is 0 Å².